The second kappa shape index (κ2) is 9.50. The normalized spacial score (nSPS) is 28.0. The fraction of sp³-hybridized carbons (Fsp3) is 0.842. The first-order chi connectivity index (χ1) is 13.0. The third kappa shape index (κ3) is 5.42. The maximum Gasteiger partial charge on any atom is 0.410 e. The van der Waals surface area contributed by atoms with Crippen LogP contribution in [0, 0.1) is 5.92 Å². The molecule has 8 nitrogen and oxygen atoms in total. The summed E-state index contributed by atoms with van der Waals surface area (Å²) in [6.07, 6.45) is 4.34. The highest BCUT2D eigenvalue weighted by Crippen LogP contribution is 2.28. The molecule has 3 aliphatic rings. The molecule has 0 aromatic carbocycles. The highest BCUT2D eigenvalue weighted by molar-refractivity contribution is 5.93. The molecule has 1 N–H and O–H groups in total. The molecule has 152 valence electrons. The van der Waals surface area contributed by atoms with Gasteiger partial charge in [-0.3, -0.25) is 9.59 Å². The second-order valence-corrected chi connectivity index (χ2v) is 7.68. The Kier molecular flexibility index (Phi) is 7.07. The number of ketones is 1. The van der Waals surface area contributed by atoms with E-state index in [4.69, 9.17) is 14.2 Å². The van der Waals surface area contributed by atoms with Gasteiger partial charge in [-0.15, -0.1) is 0 Å². The van der Waals surface area contributed by atoms with Crippen molar-refractivity contribution in [1.29, 1.82) is 0 Å². The smallest absolute Gasteiger partial charge is 0.410 e. The Hall–Kier alpha value is -1.67. The number of Topliss-reactive ketones (excluding diaryl/α,β-unsaturated/α-hetero) is 1. The largest absolute Gasteiger partial charge is 0.436 e. The molecule has 0 radical (unpaired) electrons. The van der Waals surface area contributed by atoms with Crippen LogP contribution in [0.1, 0.15) is 45.4 Å². The number of nitrogens with one attached hydrogen (secondary N) is 1. The van der Waals surface area contributed by atoms with Crippen LogP contribution < -0.4 is 5.32 Å². The highest BCUT2D eigenvalue weighted by Gasteiger charge is 2.37. The van der Waals surface area contributed by atoms with Gasteiger partial charge < -0.3 is 24.4 Å². The van der Waals surface area contributed by atoms with Gasteiger partial charge in [-0.1, -0.05) is 32.1 Å². The minimum absolute atomic E-state index is 0.00692. The summed E-state index contributed by atoms with van der Waals surface area (Å²) < 4.78 is 16.1. The van der Waals surface area contributed by atoms with Gasteiger partial charge in [0.15, 0.2) is 11.9 Å². The first-order valence-electron chi connectivity index (χ1n) is 10.0. The summed E-state index contributed by atoms with van der Waals surface area (Å²) in [4.78, 5) is 38.8. The van der Waals surface area contributed by atoms with Gasteiger partial charge >= 0.3 is 6.09 Å². The van der Waals surface area contributed by atoms with E-state index >= 15 is 0 Å². The predicted molar refractivity (Wildman–Crippen MR) is 96.2 cm³/mol. The molecule has 0 bridgehead atoms. The monoisotopic (exact) mass is 382 g/mol. The lowest BCUT2D eigenvalue weighted by molar-refractivity contribution is -0.134. The molecule has 1 unspecified atom stereocenters. The third-order valence-electron chi connectivity index (χ3n) is 5.68. The van der Waals surface area contributed by atoms with Crippen molar-refractivity contribution in [2.24, 2.45) is 5.92 Å². The van der Waals surface area contributed by atoms with Crippen LogP contribution in [-0.2, 0) is 23.8 Å². The van der Waals surface area contributed by atoms with E-state index in [-0.39, 0.29) is 18.5 Å². The average molecular weight is 382 g/mol. The molecule has 1 saturated carbocycles. The van der Waals surface area contributed by atoms with Gasteiger partial charge in [0.25, 0.3) is 5.91 Å². The number of rotatable bonds is 5. The van der Waals surface area contributed by atoms with Crippen LogP contribution in [0.3, 0.4) is 0 Å². The zero-order valence-electron chi connectivity index (χ0n) is 16.0. The molecule has 1 aliphatic carbocycles. The maximum atomic E-state index is 12.8. The van der Waals surface area contributed by atoms with Crippen LogP contribution in [0.5, 0.6) is 0 Å². The summed E-state index contributed by atoms with van der Waals surface area (Å²) in [5.74, 6) is -0.190. The maximum absolute atomic E-state index is 12.8. The molecular weight excluding hydrogens is 352 g/mol. The van der Waals surface area contributed by atoms with E-state index in [0.29, 0.717) is 38.6 Å². The lowest BCUT2D eigenvalue weighted by atomic mass is 9.85. The van der Waals surface area contributed by atoms with Crippen molar-refractivity contribution in [2.75, 3.05) is 32.9 Å². The molecule has 0 spiro atoms. The number of hydrogen-bond donors (Lipinski definition) is 1. The standard InChI is InChI=1S/C19H30N2O6/c1-13-17(15(22)12-26-13)20-18(23)16(11-14-5-3-2-4-6-14)27-19(24)21-7-9-25-10-8-21/h13-14,16-17H,2-12H2,1H3,(H,20,23)/t13-,16?,17+/m0/s1. The lowest BCUT2D eigenvalue weighted by Gasteiger charge is -2.30. The topological polar surface area (TPSA) is 94.2 Å². The highest BCUT2D eigenvalue weighted by atomic mass is 16.6. The Morgan fingerprint density at radius 2 is 1.93 bits per heavy atom. The van der Waals surface area contributed by atoms with Gasteiger partial charge in [0.1, 0.15) is 12.6 Å². The summed E-state index contributed by atoms with van der Waals surface area (Å²) in [5.41, 5.74) is 0. The van der Waals surface area contributed by atoms with Crippen molar-refractivity contribution in [1.82, 2.24) is 10.2 Å². The first kappa shape index (κ1) is 20.1. The van der Waals surface area contributed by atoms with Gasteiger partial charge in [-0.2, -0.15) is 0 Å². The molecular formula is C19H30N2O6. The van der Waals surface area contributed by atoms with Crippen LogP contribution in [-0.4, -0.2) is 73.8 Å². The zero-order valence-corrected chi connectivity index (χ0v) is 16.0. The van der Waals surface area contributed by atoms with E-state index in [9.17, 15) is 14.4 Å². The number of amides is 2. The summed E-state index contributed by atoms with van der Waals surface area (Å²) in [6, 6.07) is -0.673. The summed E-state index contributed by atoms with van der Waals surface area (Å²) in [6.45, 7) is 3.63. The van der Waals surface area contributed by atoms with E-state index in [1.165, 1.54) is 6.42 Å². The molecule has 8 heteroatoms. The molecule has 0 aromatic rings. The van der Waals surface area contributed by atoms with Gasteiger partial charge in [0, 0.05) is 13.1 Å². The molecule has 3 atom stereocenters. The Labute approximate surface area is 159 Å². The number of hydrogen-bond acceptors (Lipinski definition) is 6. The molecule has 3 fully saturated rings. The first-order valence-corrected chi connectivity index (χ1v) is 10.0. The molecule has 0 aromatic heterocycles. The molecule has 2 amide bonds. The van der Waals surface area contributed by atoms with Crippen molar-refractivity contribution >= 4 is 17.8 Å². The molecule has 3 rings (SSSR count). The summed E-state index contributed by atoms with van der Waals surface area (Å²) in [5, 5.41) is 2.74. The number of ether oxygens (including phenoxy) is 3. The van der Waals surface area contributed by atoms with Crippen molar-refractivity contribution in [3.63, 3.8) is 0 Å². The number of carbonyl (C=O) groups is 3. The Bertz CT molecular complexity index is 542. The number of nitrogens with zero attached hydrogens (tertiary/aromatic N) is 1. The number of morpholine rings is 1. The molecule has 27 heavy (non-hydrogen) atoms. The predicted octanol–water partition coefficient (Wildman–Crippen LogP) is 1.27. The van der Waals surface area contributed by atoms with Gasteiger partial charge in [0.2, 0.25) is 0 Å². The van der Waals surface area contributed by atoms with Crippen LogP contribution in [0.4, 0.5) is 4.79 Å². The summed E-state index contributed by atoms with van der Waals surface area (Å²) >= 11 is 0. The SMILES string of the molecule is C[C@@H]1OCC(=O)[C@@H]1NC(=O)C(CC1CCCCC1)OC(=O)N1CCOCC1. The Balaban J connectivity index is 1.63. The van der Waals surface area contributed by atoms with Crippen molar-refractivity contribution in [2.45, 2.75) is 63.7 Å². The Morgan fingerprint density at radius 3 is 2.56 bits per heavy atom. The molecule has 2 heterocycles. The van der Waals surface area contributed by atoms with Crippen LogP contribution in [0.2, 0.25) is 0 Å². The fourth-order valence-corrected chi connectivity index (χ4v) is 3.98. The van der Waals surface area contributed by atoms with Crippen LogP contribution in [0.25, 0.3) is 0 Å². The average Bonchev–Trinajstić information content (AvgIpc) is 3.01. The van der Waals surface area contributed by atoms with E-state index in [0.717, 1.165) is 25.7 Å². The number of carbonyl (C=O) groups excluding carboxylic acids is 3. The van der Waals surface area contributed by atoms with E-state index in [1.54, 1.807) is 11.8 Å². The lowest BCUT2D eigenvalue weighted by Crippen LogP contribution is -2.51. The van der Waals surface area contributed by atoms with Crippen molar-refractivity contribution < 1.29 is 28.6 Å². The van der Waals surface area contributed by atoms with E-state index in [1.807, 2.05) is 0 Å². The van der Waals surface area contributed by atoms with Crippen LogP contribution >= 0.6 is 0 Å². The van der Waals surface area contributed by atoms with E-state index < -0.39 is 24.1 Å². The zero-order chi connectivity index (χ0) is 19.2. The molecule has 2 saturated heterocycles. The van der Waals surface area contributed by atoms with Crippen molar-refractivity contribution in [3.05, 3.63) is 0 Å². The fourth-order valence-electron chi connectivity index (χ4n) is 3.98. The Morgan fingerprint density at radius 1 is 1.22 bits per heavy atom. The van der Waals surface area contributed by atoms with Gasteiger partial charge in [-0.25, -0.2) is 4.79 Å². The quantitative estimate of drug-likeness (QED) is 0.769. The minimum atomic E-state index is -0.885. The van der Waals surface area contributed by atoms with Gasteiger partial charge in [0.05, 0.1) is 19.3 Å². The van der Waals surface area contributed by atoms with E-state index in [2.05, 4.69) is 5.32 Å². The van der Waals surface area contributed by atoms with Gasteiger partial charge in [-0.05, 0) is 19.3 Å². The minimum Gasteiger partial charge on any atom is -0.436 e. The molecule has 2 aliphatic heterocycles. The van der Waals surface area contributed by atoms with Crippen molar-refractivity contribution in [3.8, 4) is 0 Å². The second-order valence-electron chi connectivity index (χ2n) is 7.68. The third-order valence-corrected chi connectivity index (χ3v) is 5.68. The summed E-state index contributed by atoms with van der Waals surface area (Å²) in [7, 11) is 0. The van der Waals surface area contributed by atoms with Crippen LogP contribution in [0.15, 0.2) is 0 Å².